The molecular weight excluding hydrogens is 392 g/mol. The van der Waals surface area contributed by atoms with Crippen LogP contribution in [0.25, 0.3) is 17.3 Å². The van der Waals surface area contributed by atoms with Crippen LogP contribution in [-0.2, 0) is 4.79 Å². The van der Waals surface area contributed by atoms with E-state index in [1.165, 1.54) is 25.3 Å². The van der Waals surface area contributed by atoms with Crippen molar-refractivity contribution in [2.24, 2.45) is 0 Å². The number of nitrogens with zero attached hydrogens (tertiary/aromatic N) is 2. The molecule has 0 bridgehead atoms. The van der Waals surface area contributed by atoms with Gasteiger partial charge >= 0.3 is 6.61 Å². The minimum atomic E-state index is -2.95. The number of ether oxygens (including phenoxy) is 2. The van der Waals surface area contributed by atoms with Gasteiger partial charge in [0.25, 0.3) is 0 Å². The van der Waals surface area contributed by atoms with Crippen LogP contribution in [-0.4, -0.2) is 29.6 Å². The molecule has 0 atom stereocenters. The summed E-state index contributed by atoms with van der Waals surface area (Å²) in [4.78, 5) is 20.7. The third-order valence-corrected chi connectivity index (χ3v) is 4.03. The molecule has 154 valence electrons. The Morgan fingerprint density at radius 2 is 1.97 bits per heavy atom. The summed E-state index contributed by atoms with van der Waals surface area (Å²) < 4.78 is 34.2. The third kappa shape index (κ3) is 5.60. The van der Waals surface area contributed by atoms with Crippen LogP contribution in [0.15, 0.2) is 60.8 Å². The van der Waals surface area contributed by atoms with Gasteiger partial charge in [0.15, 0.2) is 11.5 Å². The van der Waals surface area contributed by atoms with E-state index in [-0.39, 0.29) is 17.4 Å². The van der Waals surface area contributed by atoms with E-state index < -0.39 is 6.61 Å². The Bertz CT molecular complexity index is 1070. The van der Waals surface area contributed by atoms with Crippen LogP contribution in [0.5, 0.6) is 11.5 Å². The molecule has 0 aliphatic carbocycles. The molecular formula is C22H19F2N3O3. The highest BCUT2D eigenvalue weighted by Crippen LogP contribution is 2.30. The smallest absolute Gasteiger partial charge is 0.387 e. The molecule has 30 heavy (non-hydrogen) atoms. The quantitative estimate of drug-likeness (QED) is 0.570. The Morgan fingerprint density at radius 3 is 2.70 bits per heavy atom. The van der Waals surface area contributed by atoms with Crippen LogP contribution in [0.4, 0.5) is 14.5 Å². The monoisotopic (exact) mass is 411 g/mol. The number of carbonyl (C=O) groups excluding carboxylic acids is 1. The summed E-state index contributed by atoms with van der Waals surface area (Å²) in [6.45, 7) is -1.14. The van der Waals surface area contributed by atoms with Gasteiger partial charge < -0.3 is 14.8 Å². The number of hydrogen-bond donors (Lipinski definition) is 1. The lowest BCUT2D eigenvalue weighted by Crippen LogP contribution is -2.07. The molecule has 1 amide bonds. The number of alkyl halides is 2. The fourth-order valence-electron chi connectivity index (χ4n) is 2.71. The number of aromatic nitrogens is 2. The van der Waals surface area contributed by atoms with E-state index in [0.29, 0.717) is 17.1 Å². The van der Waals surface area contributed by atoms with Gasteiger partial charge in [-0.05, 0) is 48.9 Å². The van der Waals surface area contributed by atoms with Crippen LogP contribution in [0.3, 0.4) is 0 Å². The normalized spacial score (nSPS) is 11.0. The lowest BCUT2D eigenvalue weighted by atomic mass is 10.1. The first-order chi connectivity index (χ1) is 14.4. The maximum Gasteiger partial charge on any atom is 0.387 e. The molecule has 3 aromatic rings. The molecule has 6 nitrogen and oxygen atoms in total. The van der Waals surface area contributed by atoms with E-state index in [2.05, 4.69) is 20.0 Å². The fraction of sp³-hybridized carbons (Fsp3) is 0.136. The van der Waals surface area contributed by atoms with E-state index in [1.54, 1.807) is 37.4 Å². The van der Waals surface area contributed by atoms with Gasteiger partial charge in [0.2, 0.25) is 5.91 Å². The summed E-state index contributed by atoms with van der Waals surface area (Å²) in [7, 11) is 1.35. The van der Waals surface area contributed by atoms with Crippen molar-refractivity contribution in [3.63, 3.8) is 0 Å². The molecule has 0 spiro atoms. The predicted molar refractivity (Wildman–Crippen MR) is 109 cm³/mol. The number of nitrogens with one attached hydrogen (secondary N) is 1. The molecule has 0 unspecified atom stereocenters. The zero-order valence-corrected chi connectivity index (χ0v) is 16.3. The Morgan fingerprint density at radius 1 is 1.13 bits per heavy atom. The lowest BCUT2D eigenvalue weighted by Gasteiger charge is -2.10. The van der Waals surface area contributed by atoms with Crippen molar-refractivity contribution in [3.05, 3.63) is 72.2 Å². The minimum absolute atomic E-state index is 0.0779. The molecule has 0 aliphatic rings. The number of methoxy groups -OCH3 is 1. The maximum absolute atomic E-state index is 12.4. The first-order valence-electron chi connectivity index (χ1n) is 8.96. The van der Waals surface area contributed by atoms with Gasteiger partial charge in [-0.25, -0.2) is 9.97 Å². The number of amides is 1. The number of anilines is 1. The van der Waals surface area contributed by atoms with Gasteiger partial charge in [-0.1, -0.05) is 18.2 Å². The van der Waals surface area contributed by atoms with Crippen molar-refractivity contribution < 1.29 is 23.0 Å². The second-order valence-corrected chi connectivity index (χ2v) is 6.18. The minimum Gasteiger partial charge on any atom is -0.493 e. The molecule has 1 N–H and O–H groups in total. The van der Waals surface area contributed by atoms with Crippen LogP contribution in [0, 0.1) is 6.92 Å². The highest BCUT2D eigenvalue weighted by Gasteiger charge is 2.10. The van der Waals surface area contributed by atoms with Crippen LogP contribution >= 0.6 is 0 Å². The molecule has 0 aliphatic heterocycles. The zero-order valence-electron chi connectivity index (χ0n) is 16.3. The highest BCUT2D eigenvalue weighted by atomic mass is 19.3. The Labute approximate surface area is 172 Å². The Kier molecular flexibility index (Phi) is 6.69. The van der Waals surface area contributed by atoms with Crippen LogP contribution < -0.4 is 14.8 Å². The summed E-state index contributed by atoms with van der Waals surface area (Å²) in [6, 6.07) is 13.5. The lowest BCUT2D eigenvalue weighted by molar-refractivity contribution is -0.111. The summed E-state index contributed by atoms with van der Waals surface area (Å²) in [5, 5.41) is 2.78. The van der Waals surface area contributed by atoms with Crippen molar-refractivity contribution in [2.75, 3.05) is 12.4 Å². The number of carbonyl (C=O) groups is 1. The molecule has 0 saturated carbocycles. The van der Waals surface area contributed by atoms with Gasteiger partial charge in [0, 0.05) is 23.5 Å². The van der Waals surface area contributed by atoms with Crippen molar-refractivity contribution in [1.82, 2.24) is 9.97 Å². The first-order valence-corrected chi connectivity index (χ1v) is 8.96. The maximum atomic E-state index is 12.4. The summed E-state index contributed by atoms with van der Waals surface area (Å²) in [6.07, 6.45) is 4.56. The van der Waals surface area contributed by atoms with Crippen molar-refractivity contribution >= 4 is 17.7 Å². The van der Waals surface area contributed by atoms with Crippen molar-refractivity contribution in [2.45, 2.75) is 13.5 Å². The van der Waals surface area contributed by atoms with Gasteiger partial charge in [0.05, 0.1) is 12.8 Å². The third-order valence-electron chi connectivity index (χ3n) is 4.03. The molecule has 8 heteroatoms. The van der Waals surface area contributed by atoms with Crippen molar-refractivity contribution in [1.29, 1.82) is 0 Å². The Balaban J connectivity index is 1.70. The molecule has 0 saturated heterocycles. The number of rotatable bonds is 7. The first kappa shape index (κ1) is 20.9. The van der Waals surface area contributed by atoms with Gasteiger partial charge in [-0.2, -0.15) is 8.78 Å². The summed E-state index contributed by atoms with van der Waals surface area (Å²) in [5.41, 5.74) is 2.81. The molecule has 1 aromatic heterocycles. The number of halogens is 2. The van der Waals surface area contributed by atoms with E-state index in [9.17, 15) is 13.6 Å². The highest BCUT2D eigenvalue weighted by molar-refractivity contribution is 6.02. The molecule has 0 fully saturated rings. The van der Waals surface area contributed by atoms with Gasteiger partial charge in [0.1, 0.15) is 5.82 Å². The molecule has 3 rings (SSSR count). The van der Waals surface area contributed by atoms with E-state index >= 15 is 0 Å². The predicted octanol–water partition coefficient (Wildman–Crippen LogP) is 4.71. The zero-order chi connectivity index (χ0) is 21.5. The largest absolute Gasteiger partial charge is 0.493 e. The second-order valence-electron chi connectivity index (χ2n) is 6.18. The standard InChI is InChI=1S/C22H19F2N3O3/c1-14-25-11-10-18(26-14)16-4-3-5-17(13-16)27-21(28)9-7-15-6-8-19(30-22(23)24)20(12-15)29-2/h3-13,22H,1-2H3,(H,27,28)/b9-7+. The fourth-order valence-corrected chi connectivity index (χ4v) is 2.71. The van der Waals surface area contributed by atoms with Crippen LogP contribution in [0.1, 0.15) is 11.4 Å². The summed E-state index contributed by atoms with van der Waals surface area (Å²) >= 11 is 0. The second kappa shape index (κ2) is 9.60. The molecule has 2 aromatic carbocycles. The van der Waals surface area contributed by atoms with Gasteiger partial charge in [-0.15, -0.1) is 0 Å². The Hall–Kier alpha value is -3.81. The average molecular weight is 411 g/mol. The topological polar surface area (TPSA) is 73.3 Å². The SMILES string of the molecule is COc1cc(/C=C/C(=O)Nc2cccc(-c3ccnc(C)n3)c2)ccc1OC(F)F. The molecule has 0 radical (unpaired) electrons. The van der Waals surface area contributed by atoms with E-state index in [4.69, 9.17) is 4.74 Å². The number of hydrogen-bond acceptors (Lipinski definition) is 5. The van der Waals surface area contributed by atoms with E-state index in [0.717, 1.165) is 11.3 Å². The average Bonchev–Trinajstić information content (AvgIpc) is 2.73. The van der Waals surface area contributed by atoms with Crippen LogP contribution in [0.2, 0.25) is 0 Å². The van der Waals surface area contributed by atoms with Crippen molar-refractivity contribution in [3.8, 4) is 22.8 Å². The summed E-state index contributed by atoms with van der Waals surface area (Å²) in [5.74, 6) is 0.375. The van der Waals surface area contributed by atoms with E-state index in [1.807, 2.05) is 18.2 Å². The van der Waals surface area contributed by atoms with Gasteiger partial charge in [-0.3, -0.25) is 4.79 Å². The number of benzene rings is 2. The molecule has 1 heterocycles. The number of aryl methyl sites for hydroxylation is 1.